The first-order valence-electron chi connectivity index (χ1n) is 6.93. The van der Waals surface area contributed by atoms with Crippen LogP contribution in [-0.2, 0) is 4.74 Å². The van der Waals surface area contributed by atoms with Crippen molar-refractivity contribution in [1.82, 2.24) is 9.88 Å². The van der Waals surface area contributed by atoms with E-state index in [2.05, 4.69) is 10.3 Å². The van der Waals surface area contributed by atoms with Crippen LogP contribution in [0.2, 0.25) is 0 Å². The average Bonchev–Trinajstić information content (AvgIpc) is 2.90. The number of hydrogen-bond donors (Lipinski definition) is 1. The Labute approximate surface area is 126 Å². The highest BCUT2D eigenvalue weighted by Crippen LogP contribution is 2.29. The number of nitrogens with one attached hydrogen (secondary N) is 1. The fourth-order valence-electron chi connectivity index (χ4n) is 2.15. The lowest BCUT2D eigenvalue weighted by atomic mass is 10.3. The van der Waals surface area contributed by atoms with Crippen molar-refractivity contribution in [3.63, 3.8) is 0 Å². The fraction of sp³-hybridized carbons (Fsp3) is 0.429. The zero-order valence-electron chi connectivity index (χ0n) is 11.8. The maximum atomic E-state index is 12.1. The third-order valence-corrected chi connectivity index (χ3v) is 4.12. The number of hydrogen-bond acceptors (Lipinski definition) is 5. The van der Waals surface area contributed by atoms with Crippen LogP contribution >= 0.6 is 11.3 Å². The van der Waals surface area contributed by atoms with Gasteiger partial charge in [-0.2, -0.15) is 0 Å². The number of morpholine rings is 1. The van der Waals surface area contributed by atoms with E-state index < -0.39 is 0 Å². The number of thiazole rings is 1. The molecule has 2 amide bonds. The van der Waals surface area contributed by atoms with Gasteiger partial charge in [0.25, 0.3) is 0 Å². The van der Waals surface area contributed by atoms with Crippen LogP contribution in [0, 0.1) is 0 Å². The van der Waals surface area contributed by atoms with Crippen LogP contribution in [0.3, 0.4) is 0 Å². The van der Waals surface area contributed by atoms with E-state index in [1.165, 1.54) is 11.3 Å². The number of carbonyl (C=O) groups is 1. The molecule has 1 aliphatic rings. The predicted octanol–water partition coefficient (Wildman–Crippen LogP) is 2.56. The number of urea groups is 1. The summed E-state index contributed by atoms with van der Waals surface area (Å²) >= 11 is 1.45. The van der Waals surface area contributed by atoms with Crippen LogP contribution in [0.5, 0.6) is 5.75 Å². The van der Waals surface area contributed by atoms with Crippen molar-refractivity contribution in [2.24, 2.45) is 0 Å². The zero-order chi connectivity index (χ0) is 14.7. The van der Waals surface area contributed by atoms with E-state index in [9.17, 15) is 4.79 Å². The first kappa shape index (κ1) is 14.1. The Hall–Kier alpha value is -1.86. The summed E-state index contributed by atoms with van der Waals surface area (Å²) in [5.74, 6) is 0.819. The molecule has 7 heteroatoms. The number of benzene rings is 1. The zero-order valence-corrected chi connectivity index (χ0v) is 12.6. The van der Waals surface area contributed by atoms with E-state index in [1.807, 2.05) is 25.1 Å². The minimum absolute atomic E-state index is 0.123. The highest BCUT2D eigenvalue weighted by Gasteiger charge is 2.18. The van der Waals surface area contributed by atoms with Gasteiger partial charge in [0.15, 0.2) is 5.13 Å². The first-order valence-corrected chi connectivity index (χ1v) is 7.75. The Morgan fingerprint density at radius 2 is 2.29 bits per heavy atom. The summed E-state index contributed by atoms with van der Waals surface area (Å²) in [6.07, 6.45) is 0. The van der Waals surface area contributed by atoms with Crippen molar-refractivity contribution in [2.45, 2.75) is 6.92 Å². The number of anilines is 1. The molecule has 1 aromatic carbocycles. The summed E-state index contributed by atoms with van der Waals surface area (Å²) in [6.45, 7) is 4.99. The van der Waals surface area contributed by atoms with E-state index >= 15 is 0 Å². The van der Waals surface area contributed by atoms with Gasteiger partial charge in [0.05, 0.1) is 30.0 Å². The number of aromatic nitrogens is 1. The quantitative estimate of drug-likeness (QED) is 0.946. The van der Waals surface area contributed by atoms with Crippen LogP contribution in [0.15, 0.2) is 18.2 Å². The Bertz CT molecular complexity index is 637. The van der Waals surface area contributed by atoms with Gasteiger partial charge in [-0.3, -0.25) is 5.32 Å². The van der Waals surface area contributed by atoms with Crippen LogP contribution in [0.4, 0.5) is 9.93 Å². The predicted molar refractivity (Wildman–Crippen MR) is 82.2 cm³/mol. The van der Waals surface area contributed by atoms with E-state index in [-0.39, 0.29) is 6.03 Å². The summed E-state index contributed by atoms with van der Waals surface area (Å²) in [7, 11) is 0. The minimum atomic E-state index is -0.123. The lowest BCUT2D eigenvalue weighted by molar-refractivity contribution is 0.0564. The molecule has 0 radical (unpaired) electrons. The molecule has 2 aromatic rings. The molecule has 21 heavy (non-hydrogen) atoms. The monoisotopic (exact) mass is 307 g/mol. The van der Waals surface area contributed by atoms with E-state index in [0.29, 0.717) is 38.0 Å². The molecule has 1 fully saturated rings. The highest BCUT2D eigenvalue weighted by atomic mass is 32.1. The summed E-state index contributed by atoms with van der Waals surface area (Å²) in [6, 6.07) is 5.61. The molecule has 0 atom stereocenters. The average molecular weight is 307 g/mol. The summed E-state index contributed by atoms with van der Waals surface area (Å²) in [5.41, 5.74) is 0.862. The molecule has 6 nitrogen and oxygen atoms in total. The van der Waals surface area contributed by atoms with Gasteiger partial charge >= 0.3 is 6.03 Å². The molecule has 1 aliphatic heterocycles. The van der Waals surface area contributed by atoms with E-state index in [4.69, 9.17) is 9.47 Å². The number of rotatable bonds is 3. The third-order valence-electron chi connectivity index (χ3n) is 3.18. The van der Waals surface area contributed by atoms with Gasteiger partial charge in [-0.05, 0) is 25.1 Å². The van der Waals surface area contributed by atoms with Crippen molar-refractivity contribution in [1.29, 1.82) is 0 Å². The van der Waals surface area contributed by atoms with Gasteiger partial charge in [-0.1, -0.05) is 11.3 Å². The van der Waals surface area contributed by atoms with E-state index in [1.54, 1.807) is 4.90 Å². The number of ether oxygens (including phenoxy) is 2. The second kappa shape index (κ2) is 6.28. The number of amides is 2. The number of nitrogens with zero attached hydrogens (tertiary/aromatic N) is 2. The molecule has 0 spiro atoms. The third kappa shape index (κ3) is 3.25. The molecule has 2 heterocycles. The summed E-state index contributed by atoms with van der Waals surface area (Å²) < 4.78 is 11.7. The van der Waals surface area contributed by atoms with Crippen molar-refractivity contribution >= 4 is 32.7 Å². The van der Waals surface area contributed by atoms with E-state index in [0.717, 1.165) is 16.0 Å². The molecule has 0 unspecified atom stereocenters. The molecule has 1 aromatic heterocycles. The molecule has 0 aliphatic carbocycles. The van der Waals surface area contributed by atoms with Gasteiger partial charge in [-0.25, -0.2) is 9.78 Å². The molecular formula is C14H17N3O3S. The molecule has 0 bridgehead atoms. The maximum absolute atomic E-state index is 12.1. The Kier molecular flexibility index (Phi) is 4.21. The van der Waals surface area contributed by atoms with Gasteiger partial charge in [0, 0.05) is 13.1 Å². The number of fused-ring (bicyclic) bond motifs is 1. The minimum Gasteiger partial charge on any atom is -0.494 e. The van der Waals surface area contributed by atoms with Gasteiger partial charge in [-0.15, -0.1) is 0 Å². The van der Waals surface area contributed by atoms with Crippen LogP contribution < -0.4 is 10.1 Å². The maximum Gasteiger partial charge on any atom is 0.323 e. The standard InChI is InChI=1S/C14H17N3O3S/c1-2-20-10-3-4-11-12(9-10)21-13(15-11)16-14(18)17-5-7-19-8-6-17/h3-4,9H,2,5-8H2,1H3,(H,15,16,18). The SMILES string of the molecule is CCOc1ccc2nc(NC(=O)N3CCOCC3)sc2c1. The Morgan fingerprint density at radius 3 is 3.05 bits per heavy atom. The smallest absolute Gasteiger partial charge is 0.323 e. The van der Waals surface area contributed by atoms with Crippen molar-refractivity contribution < 1.29 is 14.3 Å². The Balaban J connectivity index is 1.73. The molecule has 112 valence electrons. The molecule has 1 saturated heterocycles. The Morgan fingerprint density at radius 1 is 1.48 bits per heavy atom. The lowest BCUT2D eigenvalue weighted by Gasteiger charge is -2.26. The fourth-order valence-corrected chi connectivity index (χ4v) is 3.04. The highest BCUT2D eigenvalue weighted by molar-refractivity contribution is 7.22. The van der Waals surface area contributed by atoms with Crippen molar-refractivity contribution in [2.75, 3.05) is 38.2 Å². The van der Waals surface area contributed by atoms with Crippen LogP contribution in [0.1, 0.15) is 6.92 Å². The molecular weight excluding hydrogens is 290 g/mol. The summed E-state index contributed by atoms with van der Waals surface area (Å²) in [5, 5.41) is 3.46. The molecule has 1 N–H and O–H groups in total. The van der Waals surface area contributed by atoms with Crippen molar-refractivity contribution in [3.8, 4) is 5.75 Å². The van der Waals surface area contributed by atoms with Crippen LogP contribution in [0.25, 0.3) is 10.2 Å². The molecule has 0 saturated carbocycles. The van der Waals surface area contributed by atoms with Crippen molar-refractivity contribution in [3.05, 3.63) is 18.2 Å². The largest absolute Gasteiger partial charge is 0.494 e. The lowest BCUT2D eigenvalue weighted by Crippen LogP contribution is -2.43. The van der Waals surface area contributed by atoms with Gasteiger partial charge in [0.1, 0.15) is 5.75 Å². The topological polar surface area (TPSA) is 63.7 Å². The van der Waals surface area contributed by atoms with Crippen LogP contribution in [-0.4, -0.2) is 48.8 Å². The summed E-state index contributed by atoms with van der Waals surface area (Å²) in [4.78, 5) is 18.3. The van der Waals surface area contributed by atoms with Gasteiger partial charge in [0.2, 0.25) is 0 Å². The normalized spacial score (nSPS) is 15.2. The second-order valence-corrected chi connectivity index (χ2v) is 5.64. The molecule has 3 rings (SSSR count). The second-order valence-electron chi connectivity index (χ2n) is 4.61. The number of carbonyl (C=O) groups excluding carboxylic acids is 1. The van der Waals surface area contributed by atoms with Gasteiger partial charge < -0.3 is 14.4 Å². The first-order chi connectivity index (χ1) is 10.3.